The van der Waals surface area contributed by atoms with Gasteiger partial charge in [0.1, 0.15) is 0 Å². The van der Waals surface area contributed by atoms with Crippen LogP contribution in [0.5, 0.6) is 0 Å². The molecule has 0 aliphatic heterocycles. The van der Waals surface area contributed by atoms with Crippen LogP contribution in [0.25, 0.3) is 0 Å². The van der Waals surface area contributed by atoms with Gasteiger partial charge in [0.15, 0.2) is 0 Å². The zero-order chi connectivity index (χ0) is 7.07. The maximum absolute atomic E-state index is 2.74. The van der Waals surface area contributed by atoms with E-state index in [0.29, 0.717) is 0 Å². The fraction of sp³-hybridized carbons (Fsp3) is 0. The summed E-state index contributed by atoms with van der Waals surface area (Å²) in [7, 11) is 0. The first-order chi connectivity index (χ1) is 5.00. The molecule has 1 heterocycles. The van der Waals surface area contributed by atoms with E-state index < -0.39 is 0 Å². The van der Waals surface area contributed by atoms with Crippen LogP contribution in [0.15, 0.2) is 48.7 Å². The molecule has 0 bridgehead atoms. The number of aromatic nitrogens is 1. The molecule has 1 aromatic carbocycles. The van der Waals surface area contributed by atoms with Crippen molar-refractivity contribution in [3.8, 4) is 0 Å². The molecule has 0 atom stereocenters. The number of hydrogen-bond acceptors (Lipinski definition) is 0. The second kappa shape index (κ2) is 13.8. The van der Waals surface area contributed by atoms with E-state index in [0.717, 1.165) is 0 Å². The largest absolute Gasteiger partial charge is 4.00 e. The minimum Gasteiger partial charge on any atom is -0.484 e. The molecule has 13 heavy (non-hydrogen) atoms. The van der Waals surface area contributed by atoms with Crippen molar-refractivity contribution in [1.29, 1.82) is 0 Å². The van der Waals surface area contributed by atoms with Gasteiger partial charge in [-0.2, -0.15) is 36.5 Å². The SMILES string of the molecule is [CH3-].[CH3-].[Ru+4].[c-]1ccc[nH]1.c1cc[cH-]c1. The molecule has 0 spiro atoms. The first-order valence-corrected chi connectivity index (χ1v) is 3.16. The predicted octanol–water partition coefficient (Wildman–Crippen LogP) is 3.12. The summed E-state index contributed by atoms with van der Waals surface area (Å²) in [5.74, 6) is 0. The fourth-order valence-corrected chi connectivity index (χ4v) is 0.561. The van der Waals surface area contributed by atoms with Gasteiger partial charge in [-0.1, -0.05) is 0 Å². The molecule has 1 aromatic heterocycles. The Kier molecular flexibility index (Phi) is 19.3. The molecule has 0 fully saturated rings. The third-order valence-corrected chi connectivity index (χ3v) is 0.998. The van der Waals surface area contributed by atoms with Crippen molar-refractivity contribution >= 4 is 0 Å². The van der Waals surface area contributed by atoms with Gasteiger partial charge in [0.05, 0.1) is 0 Å². The van der Waals surface area contributed by atoms with Crippen molar-refractivity contribution in [2.24, 2.45) is 0 Å². The molecular formula is C11H15NRu. The van der Waals surface area contributed by atoms with E-state index in [-0.39, 0.29) is 34.3 Å². The summed E-state index contributed by atoms with van der Waals surface area (Å²) in [6.45, 7) is 0. The molecule has 1 N–H and O–H groups in total. The van der Waals surface area contributed by atoms with Crippen LogP contribution in [0.4, 0.5) is 0 Å². The van der Waals surface area contributed by atoms with E-state index in [4.69, 9.17) is 0 Å². The molecule has 0 unspecified atom stereocenters. The van der Waals surface area contributed by atoms with E-state index in [1.165, 1.54) is 0 Å². The Morgan fingerprint density at radius 3 is 1.77 bits per heavy atom. The van der Waals surface area contributed by atoms with E-state index in [1.54, 1.807) is 0 Å². The Morgan fingerprint density at radius 1 is 1.00 bits per heavy atom. The molecule has 0 saturated heterocycles. The molecule has 1 nitrogen and oxygen atoms in total. The zero-order valence-electron chi connectivity index (χ0n) is 7.97. The van der Waals surface area contributed by atoms with Crippen molar-refractivity contribution in [2.45, 2.75) is 0 Å². The Labute approximate surface area is 94.3 Å². The van der Waals surface area contributed by atoms with Gasteiger partial charge >= 0.3 is 19.5 Å². The van der Waals surface area contributed by atoms with Gasteiger partial charge in [0, 0.05) is 0 Å². The van der Waals surface area contributed by atoms with E-state index >= 15 is 0 Å². The summed E-state index contributed by atoms with van der Waals surface area (Å²) in [5.41, 5.74) is 0. The van der Waals surface area contributed by atoms with E-state index in [1.807, 2.05) is 48.7 Å². The summed E-state index contributed by atoms with van der Waals surface area (Å²) in [5, 5.41) is 0. The van der Waals surface area contributed by atoms with Crippen molar-refractivity contribution in [3.63, 3.8) is 0 Å². The van der Waals surface area contributed by atoms with Crippen molar-refractivity contribution in [1.82, 2.24) is 4.98 Å². The minimum absolute atomic E-state index is 0. The van der Waals surface area contributed by atoms with Crippen LogP contribution in [0.2, 0.25) is 0 Å². The third kappa shape index (κ3) is 11.3. The Hall–Kier alpha value is -0.747. The van der Waals surface area contributed by atoms with Crippen molar-refractivity contribution < 1.29 is 19.5 Å². The maximum atomic E-state index is 2.74. The molecular weight excluding hydrogens is 247 g/mol. The molecule has 0 aliphatic carbocycles. The topological polar surface area (TPSA) is 15.8 Å². The van der Waals surface area contributed by atoms with Gasteiger partial charge in [0.2, 0.25) is 0 Å². The zero-order valence-corrected chi connectivity index (χ0v) is 9.71. The second-order valence-electron chi connectivity index (χ2n) is 1.78. The molecule has 0 aliphatic rings. The number of nitrogens with one attached hydrogen (secondary N) is 1. The fourth-order valence-electron chi connectivity index (χ4n) is 0.561. The Bertz CT molecular complexity index is 149. The normalized spacial score (nSPS) is 6.15. The molecule has 0 saturated carbocycles. The minimum atomic E-state index is 0. The first-order valence-electron chi connectivity index (χ1n) is 3.16. The summed E-state index contributed by atoms with van der Waals surface area (Å²) in [6, 6.07) is 13.7. The van der Waals surface area contributed by atoms with Crippen molar-refractivity contribution in [3.05, 3.63) is 69.7 Å². The van der Waals surface area contributed by atoms with Crippen LogP contribution in [0, 0.1) is 21.1 Å². The Balaban J connectivity index is -0.000000125. The van der Waals surface area contributed by atoms with Gasteiger partial charge in [-0.3, -0.25) is 0 Å². The first kappa shape index (κ1) is 18.1. The second-order valence-corrected chi connectivity index (χ2v) is 1.78. The van der Waals surface area contributed by atoms with Crippen LogP contribution in [0.3, 0.4) is 0 Å². The standard InChI is InChI=1S/C5H5.C4H4N.2CH3.Ru/c2*1-2-4-5-3-1;;;/h1-5H;1-3,5H;2*1H3;/q4*-1;+4. The molecule has 2 heteroatoms. The van der Waals surface area contributed by atoms with Gasteiger partial charge < -0.3 is 19.8 Å². The number of rotatable bonds is 0. The average Bonchev–Trinajstić information content (AvgIpc) is 2.67. The quantitative estimate of drug-likeness (QED) is 0.554. The molecule has 0 amide bonds. The van der Waals surface area contributed by atoms with E-state index in [2.05, 4.69) is 11.2 Å². The monoisotopic (exact) mass is 263 g/mol. The van der Waals surface area contributed by atoms with Crippen LogP contribution < -0.4 is 0 Å². The molecule has 72 valence electrons. The predicted molar refractivity (Wildman–Crippen MR) is 54.5 cm³/mol. The average molecular weight is 262 g/mol. The van der Waals surface area contributed by atoms with Crippen LogP contribution in [-0.2, 0) is 19.5 Å². The van der Waals surface area contributed by atoms with Crippen molar-refractivity contribution in [2.75, 3.05) is 0 Å². The molecule has 0 radical (unpaired) electrons. The smallest absolute Gasteiger partial charge is 0.484 e. The van der Waals surface area contributed by atoms with Gasteiger partial charge in [-0.25, -0.2) is 12.1 Å². The summed E-state index contributed by atoms with van der Waals surface area (Å²) < 4.78 is 0. The summed E-state index contributed by atoms with van der Waals surface area (Å²) in [6.07, 6.45) is 4.56. The Morgan fingerprint density at radius 2 is 1.62 bits per heavy atom. The van der Waals surface area contributed by atoms with Gasteiger partial charge in [-0.05, 0) is 0 Å². The summed E-state index contributed by atoms with van der Waals surface area (Å²) in [4.78, 5) is 2.74. The number of hydrogen-bond donors (Lipinski definition) is 1. The number of aromatic amines is 1. The van der Waals surface area contributed by atoms with Crippen LogP contribution in [-0.4, -0.2) is 4.98 Å². The van der Waals surface area contributed by atoms with Crippen LogP contribution in [0.1, 0.15) is 0 Å². The van der Waals surface area contributed by atoms with Gasteiger partial charge in [-0.15, -0.1) is 6.20 Å². The van der Waals surface area contributed by atoms with Crippen LogP contribution >= 0.6 is 0 Å². The van der Waals surface area contributed by atoms with Gasteiger partial charge in [0.25, 0.3) is 0 Å². The molecule has 2 rings (SSSR count). The number of H-pyrrole nitrogens is 1. The molecule has 2 aromatic rings. The maximum Gasteiger partial charge on any atom is 4.00 e. The summed E-state index contributed by atoms with van der Waals surface area (Å²) >= 11 is 0. The van der Waals surface area contributed by atoms with E-state index in [9.17, 15) is 0 Å². The third-order valence-electron chi connectivity index (χ3n) is 0.998.